The number of ether oxygens (including phenoxy) is 1. The summed E-state index contributed by atoms with van der Waals surface area (Å²) >= 11 is 0. The van der Waals surface area contributed by atoms with Crippen molar-refractivity contribution in [3.63, 3.8) is 0 Å². The second-order valence-electron chi connectivity index (χ2n) is 7.18. The summed E-state index contributed by atoms with van der Waals surface area (Å²) in [6, 6.07) is 0. The summed E-state index contributed by atoms with van der Waals surface area (Å²) in [5.41, 5.74) is 2.63. The van der Waals surface area contributed by atoms with Crippen molar-refractivity contribution in [2.24, 2.45) is 23.7 Å². The molecule has 0 bridgehead atoms. The predicted molar refractivity (Wildman–Crippen MR) is 88.4 cm³/mol. The molecule has 0 amide bonds. The zero-order valence-corrected chi connectivity index (χ0v) is 14.0. The van der Waals surface area contributed by atoms with Crippen LogP contribution in [0, 0.1) is 23.7 Å². The molecule has 3 rings (SSSR count). The Morgan fingerprint density at radius 2 is 1.82 bits per heavy atom. The molecular weight excluding hydrogens is 274 g/mol. The molecule has 1 saturated heterocycles. The van der Waals surface area contributed by atoms with E-state index in [1.807, 2.05) is 0 Å². The maximum Gasteiger partial charge on any atom is 0.310 e. The molecule has 0 N–H and O–H groups in total. The summed E-state index contributed by atoms with van der Waals surface area (Å²) in [4.78, 5) is 14.8. The van der Waals surface area contributed by atoms with Gasteiger partial charge in [0.05, 0.1) is 5.92 Å². The number of nitrogens with zero attached hydrogens (tertiary/aromatic N) is 1. The molecule has 0 spiro atoms. The maximum atomic E-state index is 12.5. The molecule has 1 aliphatic heterocycles. The topological polar surface area (TPSA) is 29.5 Å². The van der Waals surface area contributed by atoms with Gasteiger partial charge in [0.2, 0.25) is 0 Å². The van der Waals surface area contributed by atoms with Crippen LogP contribution in [0.1, 0.15) is 39.5 Å². The van der Waals surface area contributed by atoms with Gasteiger partial charge in [-0.3, -0.25) is 4.79 Å². The van der Waals surface area contributed by atoms with E-state index in [-0.39, 0.29) is 18.0 Å². The first-order valence-electron chi connectivity index (χ1n) is 8.85. The van der Waals surface area contributed by atoms with E-state index in [4.69, 9.17) is 4.74 Å². The lowest BCUT2D eigenvalue weighted by Gasteiger charge is -2.28. The van der Waals surface area contributed by atoms with Gasteiger partial charge in [-0.25, -0.2) is 0 Å². The molecule has 3 aliphatic rings. The van der Waals surface area contributed by atoms with Gasteiger partial charge >= 0.3 is 5.97 Å². The number of carbonyl (C=O) groups excluding carboxylic acids is 1. The lowest BCUT2D eigenvalue weighted by molar-refractivity contribution is -0.146. The van der Waals surface area contributed by atoms with Gasteiger partial charge in [-0.1, -0.05) is 38.2 Å². The first kappa shape index (κ1) is 15.8. The van der Waals surface area contributed by atoms with E-state index in [9.17, 15) is 4.79 Å². The van der Waals surface area contributed by atoms with Crippen molar-refractivity contribution in [3.05, 3.63) is 24.3 Å². The molecule has 3 heteroatoms. The first-order chi connectivity index (χ1) is 10.6. The molecule has 3 fully saturated rings. The summed E-state index contributed by atoms with van der Waals surface area (Å²) < 4.78 is 5.91. The fourth-order valence-electron chi connectivity index (χ4n) is 4.82. The van der Waals surface area contributed by atoms with Crippen molar-refractivity contribution in [1.82, 2.24) is 4.90 Å². The number of carbonyl (C=O) groups is 1. The number of hydrogen-bond donors (Lipinski definition) is 0. The Balaban J connectivity index is 1.84. The highest BCUT2D eigenvalue weighted by molar-refractivity contribution is 5.76. The molecule has 0 radical (unpaired) electrons. The van der Waals surface area contributed by atoms with Gasteiger partial charge in [0.15, 0.2) is 0 Å². The molecule has 0 aromatic rings. The van der Waals surface area contributed by atoms with Crippen LogP contribution in [0.15, 0.2) is 24.3 Å². The van der Waals surface area contributed by atoms with Gasteiger partial charge in [0.1, 0.15) is 6.10 Å². The van der Waals surface area contributed by atoms with E-state index >= 15 is 0 Å². The number of allylic oxidation sites excluding steroid dienone is 1. The van der Waals surface area contributed by atoms with Crippen molar-refractivity contribution in [1.29, 1.82) is 0 Å². The minimum absolute atomic E-state index is 0.0212. The fourth-order valence-corrected chi connectivity index (χ4v) is 4.82. The zero-order valence-electron chi connectivity index (χ0n) is 14.0. The van der Waals surface area contributed by atoms with Crippen LogP contribution >= 0.6 is 0 Å². The van der Waals surface area contributed by atoms with E-state index in [0.717, 1.165) is 45.3 Å². The number of rotatable bonds is 4. The monoisotopic (exact) mass is 303 g/mol. The largest absolute Gasteiger partial charge is 0.461 e. The Kier molecular flexibility index (Phi) is 4.44. The minimum atomic E-state index is 0.0212. The molecule has 2 aliphatic carbocycles. The second kappa shape index (κ2) is 6.19. The maximum absolute atomic E-state index is 12.5. The highest BCUT2D eigenvalue weighted by Crippen LogP contribution is 2.52. The van der Waals surface area contributed by atoms with E-state index in [0.29, 0.717) is 17.8 Å². The zero-order chi connectivity index (χ0) is 15.9. The lowest BCUT2D eigenvalue weighted by atomic mass is 9.79. The van der Waals surface area contributed by atoms with Crippen LogP contribution in [0.5, 0.6) is 0 Å². The molecule has 22 heavy (non-hydrogen) atoms. The van der Waals surface area contributed by atoms with E-state index in [1.54, 1.807) is 0 Å². The number of hydrogen-bond acceptors (Lipinski definition) is 3. The average Bonchev–Trinajstić information content (AvgIpc) is 2.98. The van der Waals surface area contributed by atoms with Crippen molar-refractivity contribution in [2.45, 2.75) is 45.6 Å². The van der Waals surface area contributed by atoms with Crippen LogP contribution < -0.4 is 0 Å². The molecule has 5 atom stereocenters. The van der Waals surface area contributed by atoms with Crippen molar-refractivity contribution in [3.8, 4) is 0 Å². The molecule has 0 aromatic carbocycles. The average molecular weight is 303 g/mol. The normalized spacial score (nSPS) is 38.0. The van der Waals surface area contributed by atoms with Gasteiger partial charge < -0.3 is 9.64 Å². The minimum Gasteiger partial charge on any atom is -0.461 e. The van der Waals surface area contributed by atoms with Crippen LogP contribution in [0.2, 0.25) is 0 Å². The molecular formula is C19H29NO2. The van der Waals surface area contributed by atoms with Gasteiger partial charge in [-0.05, 0) is 44.7 Å². The molecule has 0 unspecified atom stereocenters. The SMILES string of the molecule is C=C1CC[C@H]2C(=C)CC[C@@H]3[C@H](OC(=O)[C@H]3CN(CC)CC)[C@@H]12. The molecule has 2 saturated carbocycles. The Hall–Kier alpha value is -1.09. The van der Waals surface area contributed by atoms with E-state index in [1.165, 1.54) is 11.1 Å². The van der Waals surface area contributed by atoms with Crippen molar-refractivity contribution >= 4 is 5.97 Å². The highest BCUT2D eigenvalue weighted by atomic mass is 16.6. The lowest BCUT2D eigenvalue weighted by Crippen LogP contribution is -2.36. The Labute approximate surface area is 134 Å². The number of esters is 1. The smallest absolute Gasteiger partial charge is 0.310 e. The molecule has 1 heterocycles. The summed E-state index contributed by atoms with van der Waals surface area (Å²) in [6.45, 7) is 15.7. The van der Waals surface area contributed by atoms with Gasteiger partial charge in [-0.2, -0.15) is 0 Å². The summed E-state index contributed by atoms with van der Waals surface area (Å²) in [5, 5.41) is 0. The van der Waals surface area contributed by atoms with Gasteiger partial charge in [0.25, 0.3) is 0 Å². The number of fused-ring (bicyclic) bond motifs is 3. The standard InChI is InChI=1S/C19H29NO2/c1-5-20(6-2)11-16-15-10-7-12(3)14-9-8-13(4)17(14)18(15)22-19(16)21/h14-18H,3-11H2,1-2H3/t14-,15-,16-,17-,18-/m0/s1. The summed E-state index contributed by atoms with van der Waals surface area (Å²) in [7, 11) is 0. The van der Waals surface area contributed by atoms with Crippen LogP contribution in [0.25, 0.3) is 0 Å². The van der Waals surface area contributed by atoms with E-state index in [2.05, 4.69) is 31.9 Å². The van der Waals surface area contributed by atoms with Crippen molar-refractivity contribution < 1.29 is 9.53 Å². The van der Waals surface area contributed by atoms with Gasteiger partial charge in [-0.15, -0.1) is 0 Å². The van der Waals surface area contributed by atoms with Crippen molar-refractivity contribution in [2.75, 3.05) is 19.6 Å². The summed E-state index contributed by atoms with van der Waals surface area (Å²) in [5.74, 6) is 1.21. The Morgan fingerprint density at radius 1 is 1.14 bits per heavy atom. The van der Waals surface area contributed by atoms with Gasteiger partial charge in [0, 0.05) is 18.4 Å². The molecule has 3 nitrogen and oxygen atoms in total. The Bertz CT molecular complexity index is 480. The van der Waals surface area contributed by atoms with Crippen LogP contribution in [-0.4, -0.2) is 36.6 Å². The van der Waals surface area contributed by atoms with Crippen LogP contribution in [-0.2, 0) is 9.53 Å². The first-order valence-corrected chi connectivity index (χ1v) is 8.85. The third-order valence-electron chi connectivity index (χ3n) is 6.20. The fraction of sp³-hybridized carbons (Fsp3) is 0.737. The molecule has 122 valence electrons. The summed E-state index contributed by atoms with van der Waals surface area (Å²) in [6.07, 6.45) is 4.34. The van der Waals surface area contributed by atoms with Crippen LogP contribution in [0.4, 0.5) is 0 Å². The quantitative estimate of drug-likeness (QED) is 0.589. The third-order valence-corrected chi connectivity index (χ3v) is 6.20. The molecule has 0 aromatic heterocycles. The predicted octanol–water partition coefficient (Wildman–Crippen LogP) is 3.42. The second-order valence-corrected chi connectivity index (χ2v) is 7.18. The third kappa shape index (κ3) is 2.54. The Morgan fingerprint density at radius 3 is 2.50 bits per heavy atom. The van der Waals surface area contributed by atoms with E-state index < -0.39 is 0 Å². The highest BCUT2D eigenvalue weighted by Gasteiger charge is 2.53. The van der Waals surface area contributed by atoms with Crippen LogP contribution in [0.3, 0.4) is 0 Å².